The number of rotatable bonds is 7. The van der Waals surface area contributed by atoms with E-state index < -0.39 is 36.0 Å². The summed E-state index contributed by atoms with van der Waals surface area (Å²) in [4.78, 5) is 13.2. The van der Waals surface area contributed by atoms with Crippen LogP contribution in [-0.4, -0.2) is 42.4 Å². The van der Waals surface area contributed by atoms with Crippen LogP contribution in [0.4, 0.5) is 0 Å². The summed E-state index contributed by atoms with van der Waals surface area (Å²) in [6.07, 6.45) is -2.63. The van der Waals surface area contributed by atoms with Gasteiger partial charge in [-0.25, -0.2) is 0 Å². The van der Waals surface area contributed by atoms with Crippen LogP contribution in [0.1, 0.15) is 29.9 Å². The molecule has 3 aromatic rings. The average molecular weight is 507 g/mol. The second-order valence-corrected chi connectivity index (χ2v) is 10.2. The highest BCUT2D eigenvalue weighted by Crippen LogP contribution is 2.41. The van der Waals surface area contributed by atoms with Crippen molar-refractivity contribution >= 4 is 17.7 Å². The van der Waals surface area contributed by atoms with E-state index in [4.69, 9.17) is 23.7 Å². The molecule has 6 nitrogen and oxygen atoms in total. The molecule has 0 aromatic heterocycles. The van der Waals surface area contributed by atoms with E-state index in [1.165, 1.54) is 24.2 Å². The molecule has 2 aliphatic rings. The monoisotopic (exact) mass is 506 g/mol. The first-order valence-electron chi connectivity index (χ1n) is 12.1. The van der Waals surface area contributed by atoms with Crippen LogP contribution in [-0.2, 0) is 35.1 Å². The molecule has 6 atom stereocenters. The van der Waals surface area contributed by atoms with Crippen LogP contribution >= 0.6 is 11.8 Å². The molecular formula is C29H30O6S. The summed E-state index contributed by atoms with van der Waals surface area (Å²) in [7, 11) is 0. The van der Waals surface area contributed by atoms with E-state index in [2.05, 4.69) is 12.1 Å². The molecule has 1 unspecified atom stereocenters. The Labute approximate surface area is 215 Å². The van der Waals surface area contributed by atoms with Crippen molar-refractivity contribution in [3.05, 3.63) is 102 Å². The minimum atomic E-state index is -0.673. The largest absolute Gasteiger partial charge is 0.456 e. The molecule has 0 aliphatic carbocycles. The van der Waals surface area contributed by atoms with Gasteiger partial charge in [0.1, 0.15) is 23.7 Å². The van der Waals surface area contributed by atoms with Gasteiger partial charge >= 0.3 is 5.97 Å². The van der Waals surface area contributed by atoms with Gasteiger partial charge in [0.25, 0.3) is 0 Å². The number of carbonyl (C=O) groups excluding carboxylic acids is 1. The Morgan fingerprint density at radius 1 is 0.917 bits per heavy atom. The van der Waals surface area contributed by atoms with Crippen LogP contribution in [0.2, 0.25) is 0 Å². The summed E-state index contributed by atoms with van der Waals surface area (Å²) >= 11 is 1.51. The van der Waals surface area contributed by atoms with Crippen molar-refractivity contribution < 1.29 is 28.5 Å². The van der Waals surface area contributed by atoms with Crippen LogP contribution in [0, 0.1) is 6.92 Å². The van der Waals surface area contributed by atoms with E-state index in [0.717, 1.165) is 16.0 Å². The zero-order valence-corrected chi connectivity index (χ0v) is 21.1. The Morgan fingerprint density at radius 3 is 2.31 bits per heavy atom. The maximum absolute atomic E-state index is 12.2. The third-order valence-electron chi connectivity index (χ3n) is 6.22. The second kappa shape index (κ2) is 11.6. The van der Waals surface area contributed by atoms with Crippen molar-refractivity contribution in [1.29, 1.82) is 0 Å². The molecule has 188 valence electrons. The van der Waals surface area contributed by atoms with Crippen molar-refractivity contribution in [2.24, 2.45) is 0 Å². The third kappa shape index (κ3) is 5.99. The van der Waals surface area contributed by atoms with Gasteiger partial charge in [-0.3, -0.25) is 4.79 Å². The lowest BCUT2D eigenvalue weighted by Crippen LogP contribution is -2.62. The number of fused-ring (bicyclic) bond motifs is 1. The Balaban J connectivity index is 1.43. The summed E-state index contributed by atoms with van der Waals surface area (Å²) < 4.78 is 31.3. The van der Waals surface area contributed by atoms with Gasteiger partial charge < -0.3 is 23.7 Å². The van der Waals surface area contributed by atoms with Gasteiger partial charge in [0, 0.05) is 17.4 Å². The lowest BCUT2D eigenvalue weighted by Gasteiger charge is -2.48. The molecule has 7 heteroatoms. The normalized spacial score (nSPS) is 27.7. The van der Waals surface area contributed by atoms with E-state index in [1.54, 1.807) is 0 Å². The molecule has 2 aliphatic heterocycles. The molecule has 36 heavy (non-hydrogen) atoms. The fourth-order valence-electron chi connectivity index (χ4n) is 4.45. The van der Waals surface area contributed by atoms with E-state index in [-0.39, 0.29) is 6.10 Å². The first-order valence-corrected chi connectivity index (χ1v) is 13.0. The molecule has 0 saturated carbocycles. The molecule has 2 fully saturated rings. The molecule has 5 rings (SSSR count). The van der Waals surface area contributed by atoms with Gasteiger partial charge in [-0.15, -0.1) is 0 Å². The summed E-state index contributed by atoms with van der Waals surface area (Å²) in [5, 5.41) is 0. The van der Waals surface area contributed by atoms with E-state index in [1.807, 2.05) is 79.7 Å². The molecule has 2 heterocycles. The Bertz CT molecular complexity index is 1120. The van der Waals surface area contributed by atoms with Crippen molar-refractivity contribution in [2.45, 2.75) is 61.5 Å². The number of carbonyl (C=O) groups is 1. The lowest BCUT2D eigenvalue weighted by molar-refractivity contribution is -0.326. The van der Waals surface area contributed by atoms with E-state index in [9.17, 15) is 4.79 Å². The zero-order chi connectivity index (χ0) is 24.9. The smallest absolute Gasteiger partial charge is 0.303 e. The van der Waals surface area contributed by atoms with E-state index in [0.29, 0.717) is 13.2 Å². The summed E-state index contributed by atoms with van der Waals surface area (Å²) in [6, 6.07) is 27.9. The van der Waals surface area contributed by atoms with Crippen molar-refractivity contribution in [3.63, 3.8) is 0 Å². The summed E-state index contributed by atoms with van der Waals surface area (Å²) in [6.45, 7) is 4.15. The van der Waals surface area contributed by atoms with Crippen molar-refractivity contribution in [2.75, 3.05) is 6.61 Å². The van der Waals surface area contributed by atoms with E-state index >= 15 is 0 Å². The third-order valence-corrected chi connectivity index (χ3v) is 7.37. The van der Waals surface area contributed by atoms with Gasteiger partial charge in [0.15, 0.2) is 12.4 Å². The van der Waals surface area contributed by atoms with Crippen molar-refractivity contribution in [3.8, 4) is 0 Å². The number of esters is 1. The standard InChI is InChI=1S/C29H30O6S/c1-19-13-15-23(16-14-19)36-29-27(33-20(2)30)26(31-17-21-9-5-3-6-10-21)25-24(34-29)18-32-28(35-25)22-11-7-4-8-12-22/h3-16,24-29H,17-18H2,1-2H3/t24-,25+,26+,27-,28?,29+/m1/s1. The van der Waals surface area contributed by atoms with Gasteiger partial charge in [-0.1, -0.05) is 90.1 Å². The zero-order valence-electron chi connectivity index (χ0n) is 20.3. The molecule has 0 radical (unpaired) electrons. The molecule has 0 N–H and O–H groups in total. The topological polar surface area (TPSA) is 63.2 Å². The van der Waals surface area contributed by atoms with Crippen molar-refractivity contribution in [1.82, 2.24) is 0 Å². The number of ether oxygens (including phenoxy) is 5. The minimum absolute atomic E-state index is 0.340. The summed E-state index contributed by atoms with van der Waals surface area (Å²) in [5.74, 6) is -0.392. The molecule has 0 bridgehead atoms. The van der Waals surface area contributed by atoms with Crippen LogP contribution in [0.25, 0.3) is 0 Å². The highest BCUT2D eigenvalue weighted by molar-refractivity contribution is 7.99. The number of hydrogen-bond donors (Lipinski definition) is 0. The first kappa shape index (κ1) is 25.0. The molecule has 0 spiro atoms. The molecule has 2 saturated heterocycles. The summed E-state index contributed by atoms with van der Waals surface area (Å²) in [5.41, 5.74) is 2.62. The Kier molecular flexibility index (Phi) is 8.04. The van der Waals surface area contributed by atoms with Gasteiger partial charge in [0.2, 0.25) is 0 Å². The molecule has 3 aromatic carbocycles. The second-order valence-electron chi connectivity index (χ2n) is 8.99. The highest BCUT2D eigenvalue weighted by Gasteiger charge is 2.52. The SMILES string of the molecule is CC(=O)O[C@@H]1[C@@H](OCc2ccccc2)[C@H]2OC(c3ccccc3)OC[C@H]2O[C@H]1Sc1ccc(C)cc1. The Hall–Kier alpha value is -2.68. The number of thioether (sulfide) groups is 1. The predicted octanol–water partition coefficient (Wildman–Crippen LogP) is 5.44. The Morgan fingerprint density at radius 2 is 1.61 bits per heavy atom. The first-order chi connectivity index (χ1) is 17.6. The lowest BCUT2D eigenvalue weighted by atomic mass is 9.98. The average Bonchev–Trinajstić information content (AvgIpc) is 2.90. The number of benzene rings is 3. The predicted molar refractivity (Wildman–Crippen MR) is 136 cm³/mol. The van der Waals surface area contributed by atoms with Crippen LogP contribution in [0.5, 0.6) is 0 Å². The van der Waals surface area contributed by atoms with Crippen LogP contribution < -0.4 is 0 Å². The number of hydrogen-bond acceptors (Lipinski definition) is 7. The highest BCUT2D eigenvalue weighted by atomic mass is 32.2. The van der Waals surface area contributed by atoms with Crippen LogP contribution in [0.3, 0.4) is 0 Å². The maximum Gasteiger partial charge on any atom is 0.303 e. The van der Waals surface area contributed by atoms with Gasteiger partial charge in [-0.2, -0.15) is 0 Å². The molecule has 0 amide bonds. The molecular weight excluding hydrogens is 476 g/mol. The fraction of sp³-hybridized carbons (Fsp3) is 0.345. The maximum atomic E-state index is 12.2. The number of aryl methyl sites for hydroxylation is 1. The quantitative estimate of drug-likeness (QED) is 0.395. The van der Waals surface area contributed by atoms with Crippen LogP contribution in [0.15, 0.2) is 89.8 Å². The van der Waals surface area contributed by atoms with Gasteiger partial charge in [0.05, 0.1) is 13.2 Å². The fourth-order valence-corrected chi connectivity index (χ4v) is 5.55. The minimum Gasteiger partial charge on any atom is -0.456 e. The van der Waals surface area contributed by atoms with Gasteiger partial charge in [-0.05, 0) is 24.6 Å².